The zero-order valence-corrected chi connectivity index (χ0v) is 8.40. The Morgan fingerprint density at radius 3 is 2.62 bits per heavy atom. The fraction of sp³-hybridized carbons (Fsp3) is 0.800. The SMILES string of the molecule is CCO[C](=O)[Zn][CH2]C. The molecule has 0 saturated heterocycles. The average Bonchev–Trinajstić information content (AvgIpc) is 1.68. The van der Waals surface area contributed by atoms with Crippen molar-refractivity contribution < 1.29 is 26.7 Å². The van der Waals surface area contributed by atoms with Crippen LogP contribution in [0.3, 0.4) is 0 Å². The Bertz CT molecular complexity index is 64.8. The Labute approximate surface area is 57.2 Å². The fourth-order valence-electron chi connectivity index (χ4n) is 0.437. The number of ether oxygens (including phenoxy) is 1. The third-order valence-electron chi connectivity index (χ3n) is 0.759. The summed E-state index contributed by atoms with van der Waals surface area (Å²) < 4.78 is 4.83. The predicted molar refractivity (Wildman–Crippen MR) is 27.5 cm³/mol. The van der Waals surface area contributed by atoms with E-state index in [0.717, 1.165) is 5.02 Å². The molecule has 0 bridgehead atoms. The van der Waals surface area contributed by atoms with Crippen LogP contribution >= 0.6 is 0 Å². The van der Waals surface area contributed by atoms with Gasteiger partial charge in [-0.15, -0.1) is 0 Å². The van der Waals surface area contributed by atoms with Gasteiger partial charge in [0, 0.05) is 0 Å². The van der Waals surface area contributed by atoms with Gasteiger partial charge in [0.1, 0.15) is 0 Å². The van der Waals surface area contributed by atoms with Crippen LogP contribution in [0, 0.1) is 0 Å². The summed E-state index contributed by atoms with van der Waals surface area (Å²) in [4.78, 5) is 10.5. The van der Waals surface area contributed by atoms with E-state index in [9.17, 15) is 4.79 Å². The molecule has 0 rings (SSSR count). The molecule has 3 heteroatoms. The normalized spacial score (nSPS) is 7.75. The molecule has 0 aliphatic rings. The second kappa shape index (κ2) is 5.23. The van der Waals surface area contributed by atoms with Gasteiger partial charge in [-0.2, -0.15) is 0 Å². The zero-order valence-electron chi connectivity index (χ0n) is 5.44. The Balaban J connectivity index is 3.06. The molecule has 0 spiro atoms. The van der Waals surface area contributed by atoms with Gasteiger partial charge in [-0.3, -0.25) is 0 Å². The van der Waals surface area contributed by atoms with Crippen molar-refractivity contribution >= 4 is 4.56 Å². The van der Waals surface area contributed by atoms with E-state index in [0.29, 0.717) is 6.61 Å². The topological polar surface area (TPSA) is 26.3 Å². The molecule has 0 aliphatic carbocycles. The van der Waals surface area contributed by atoms with E-state index in [2.05, 4.69) is 0 Å². The third kappa shape index (κ3) is 4.26. The van der Waals surface area contributed by atoms with E-state index >= 15 is 0 Å². The molecule has 0 aromatic carbocycles. The van der Waals surface area contributed by atoms with E-state index in [-0.39, 0.29) is 4.56 Å². The van der Waals surface area contributed by atoms with Crippen LogP contribution in [-0.2, 0) is 21.9 Å². The van der Waals surface area contributed by atoms with Gasteiger partial charge in [0.25, 0.3) is 0 Å². The molecule has 0 N–H and O–H groups in total. The maximum absolute atomic E-state index is 10.5. The number of carbonyl (C=O) groups is 1. The summed E-state index contributed by atoms with van der Waals surface area (Å²) in [5.74, 6) is 0. The van der Waals surface area contributed by atoms with Crippen molar-refractivity contribution in [1.29, 1.82) is 0 Å². The quantitative estimate of drug-likeness (QED) is 0.598. The van der Waals surface area contributed by atoms with E-state index in [1.807, 2.05) is 13.8 Å². The molecule has 0 atom stereocenters. The van der Waals surface area contributed by atoms with E-state index < -0.39 is 17.1 Å². The minimum absolute atomic E-state index is 0.0995. The monoisotopic (exact) mass is 166 g/mol. The van der Waals surface area contributed by atoms with Crippen molar-refractivity contribution in [2.45, 2.75) is 18.9 Å². The molecule has 0 fully saturated rings. The summed E-state index contributed by atoms with van der Waals surface area (Å²) in [6.45, 7) is 4.43. The summed E-state index contributed by atoms with van der Waals surface area (Å²) in [5.41, 5.74) is 0. The van der Waals surface area contributed by atoms with Crippen LogP contribution in [0.25, 0.3) is 0 Å². The number of hydrogen-bond acceptors (Lipinski definition) is 2. The van der Waals surface area contributed by atoms with Crippen LogP contribution in [-0.4, -0.2) is 11.2 Å². The first-order valence-electron chi connectivity index (χ1n) is 2.96. The summed E-state index contributed by atoms with van der Waals surface area (Å²) in [6.07, 6.45) is 0. The van der Waals surface area contributed by atoms with Gasteiger partial charge >= 0.3 is 56.7 Å². The van der Waals surface area contributed by atoms with Crippen molar-refractivity contribution in [2.24, 2.45) is 0 Å². The van der Waals surface area contributed by atoms with Gasteiger partial charge in [-0.1, -0.05) is 0 Å². The third-order valence-corrected chi connectivity index (χ3v) is 3.09. The molecule has 8 heavy (non-hydrogen) atoms. The van der Waals surface area contributed by atoms with Gasteiger partial charge in [0.05, 0.1) is 0 Å². The van der Waals surface area contributed by atoms with Gasteiger partial charge in [-0.05, 0) is 0 Å². The van der Waals surface area contributed by atoms with Crippen LogP contribution < -0.4 is 0 Å². The zero-order chi connectivity index (χ0) is 6.41. The molecular formula is C5H10O2Zn. The van der Waals surface area contributed by atoms with Crippen LogP contribution in [0.2, 0.25) is 5.02 Å². The van der Waals surface area contributed by atoms with Crippen LogP contribution in [0.15, 0.2) is 0 Å². The fourth-order valence-corrected chi connectivity index (χ4v) is 2.02. The molecule has 0 aromatic heterocycles. The molecule has 0 aliphatic heterocycles. The summed E-state index contributed by atoms with van der Waals surface area (Å²) >= 11 is -0.902. The second-order valence-electron chi connectivity index (χ2n) is 1.56. The summed E-state index contributed by atoms with van der Waals surface area (Å²) in [7, 11) is 0. The molecular weight excluding hydrogens is 157 g/mol. The van der Waals surface area contributed by atoms with Gasteiger partial charge in [-0.25, -0.2) is 0 Å². The van der Waals surface area contributed by atoms with Crippen LogP contribution in [0.1, 0.15) is 13.8 Å². The maximum atomic E-state index is 10.5. The first-order chi connectivity index (χ1) is 3.81. The Kier molecular flexibility index (Phi) is 5.30. The van der Waals surface area contributed by atoms with Crippen molar-refractivity contribution in [3.05, 3.63) is 0 Å². The molecule has 44 valence electrons. The van der Waals surface area contributed by atoms with Crippen molar-refractivity contribution in [3.63, 3.8) is 0 Å². The van der Waals surface area contributed by atoms with Crippen LogP contribution in [0.5, 0.6) is 0 Å². The Morgan fingerprint density at radius 2 is 2.25 bits per heavy atom. The number of carbonyl (C=O) groups excluding carboxylic acids is 1. The van der Waals surface area contributed by atoms with E-state index in [4.69, 9.17) is 4.74 Å². The molecule has 0 radical (unpaired) electrons. The summed E-state index contributed by atoms with van der Waals surface area (Å²) in [6, 6.07) is 0. The predicted octanol–water partition coefficient (Wildman–Crippen LogP) is 1.66. The number of rotatable bonds is 3. The van der Waals surface area contributed by atoms with E-state index in [1.54, 1.807) is 0 Å². The van der Waals surface area contributed by atoms with Crippen molar-refractivity contribution in [3.8, 4) is 0 Å². The van der Waals surface area contributed by atoms with E-state index in [1.165, 1.54) is 0 Å². The standard InChI is InChI=1S/C3H5O2.C2H5.Zn/c1-2-5-3-4;1-2;/h2H2,1H3;1H2,2H3;. The Hall–Kier alpha value is 0.0934. The molecule has 0 amide bonds. The minimum atomic E-state index is -0.902. The molecule has 0 aromatic rings. The number of hydrogen-bond donors (Lipinski definition) is 0. The molecule has 2 nitrogen and oxygen atoms in total. The van der Waals surface area contributed by atoms with Gasteiger partial charge in [0.15, 0.2) is 0 Å². The van der Waals surface area contributed by atoms with Crippen molar-refractivity contribution in [1.82, 2.24) is 0 Å². The Morgan fingerprint density at radius 1 is 1.62 bits per heavy atom. The van der Waals surface area contributed by atoms with Crippen LogP contribution in [0.4, 0.5) is 4.79 Å². The van der Waals surface area contributed by atoms with Crippen molar-refractivity contribution in [2.75, 3.05) is 6.61 Å². The first kappa shape index (κ1) is 8.09. The average molecular weight is 168 g/mol. The molecule has 0 saturated carbocycles. The van der Waals surface area contributed by atoms with Gasteiger partial charge in [0.2, 0.25) is 0 Å². The van der Waals surface area contributed by atoms with Gasteiger partial charge < -0.3 is 0 Å². The molecule has 0 heterocycles. The molecule has 0 unspecified atom stereocenters. The second-order valence-corrected chi connectivity index (χ2v) is 5.91. The summed E-state index contributed by atoms with van der Waals surface area (Å²) in [5, 5.41) is 1.06. The first-order valence-corrected chi connectivity index (χ1v) is 6.55.